The largest absolute Gasteiger partial charge is 0.348 e. The minimum atomic E-state index is -0.0469. The van der Waals surface area contributed by atoms with E-state index in [2.05, 4.69) is 44.8 Å². The molecule has 0 aliphatic carbocycles. The zero-order valence-electron chi connectivity index (χ0n) is 11.9. The van der Waals surface area contributed by atoms with Gasteiger partial charge in [-0.2, -0.15) is 0 Å². The number of aryl methyl sites for hydroxylation is 1. The molecular weight excluding hydrogens is 328 g/mol. The first kappa shape index (κ1) is 14.3. The van der Waals surface area contributed by atoms with E-state index in [0.717, 1.165) is 28.7 Å². The molecule has 0 fully saturated rings. The molecule has 108 valence electrons. The Morgan fingerprint density at radius 3 is 2.81 bits per heavy atom. The molecule has 0 aromatic heterocycles. The van der Waals surface area contributed by atoms with Crippen LogP contribution in [0.5, 0.6) is 0 Å². The summed E-state index contributed by atoms with van der Waals surface area (Å²) in [5.41, 5.74) is 5.62. The first-order valence-corrected chi connectivity index (χ1v) is 7.78. The van der Waals surface area contributed by atoms with Gasteiger partial charge in [-0.3, -0.25) is 4.79 Å². The third-order valence-corrected chi connectivity index (χ3v) is 4.64. The van der Waals surface area contributed by atoms with Gasteiger partial charge in [0.15, 0.2) is 0 Å². The second-order valence-electron chi connectivity index (χ2n) is 5.35. The fourth-order valence-corrected chi connectivity index (χ4v) is 2.86. The van der Waals surface area contributed by atoms with Crippen LogP contribution in [0.15, 0.2) is 40.9 Å². The summed E-state index contributed by atoms with van der Waals surface area (Å²) in [5, 5.41) is 6.30. The molecule has 0 atom stereocenters. The predicted molar refractivity (Wildman–Crippen MR) is 87.0 cm³/mol. The van der Waals surface area contributed by atoms with Gasteiger partial charge in [0.05, 0.1) is 0 Å². The number of benzene rings is 2. The maximum absolute atomic E-state index is 12.2. The molecular formula is C17H17BrN2O. The highest BCUT2D eigenvalue weighted by atomic mass is 79.9. The number of carbonyl (C=O) groups excluding carboxylic acids is 1. The molecule has 0 saturated heterocycles. The molecule has 1 aliphatic heterocycles. The molecule has 2 N–H and O–H groups in total. The molecule has 2 aromatic rings. The van der Waals surface area contributed by atoms with Crippen LogP contribution in [0.25, 0.3) is 0 Å². The van der Waals surface area contributed by atoms with Crippen molar-refractivity contribution < 1.29 is 4.79 Å². The van der Waals surface area contributed by atoms with E-state index in [9.17, 15) is 4.79 Å². The molecule has 21 heavy (non-hydrogen) atoms. The van der Waals surface area contributed by atoms with E-state index in [-0.39, 0.29) is 5.91 Å². The lowest BCUT2D eigenvalue weighted by atomic mass is 10.1. The summed E-state index contributed by atoms with van der Waals surface area (Å²) in [5.74, 6) is -0.0469. The van der Waals surface area contributed by atoms with Gasteiger partial charge in [0, 0.05) is 29.7 Å². The molecule has 1 heterocycles. The van der Waals surface area contributed by atoms with Crippen LogP contribution in [0.4, 0.5) is 0 Å². The van der Waals surface area contributed by atoms with Crippen molar-refractivity contribution >= 4 is 21.8 Å². The zero-order chi connectivity index (χ0) is 14.8. The topological polar surface area (TPSA) is 41.1 Å². The molecule has 0 radical (unpaired) electrons. The molecule has 3 nitrogen and oxygen atoms in total. The van der Waals surface area contributed by atoms with Gasteiger partial charge in [-0.05, 0) is 41.3 Å². The summed E-state index contributed by atoms with van der Waals surface area (Å²) in [6.07, 6.45) is 0. The second kappa shape index (κ2) is 6.00. The Balaban J connectivity index is 1.67. The van der Waals surface area contributed by atoms with Gasteiger partial charge in [-0.15, -0.1) is 0 Å². The van der Waals surface area contributed by atoms with E-state index in [1.807, 2.05) is 25.1 Å². The Hall–Kier alpha value is -1.65. The second-order valence-corrected chi connectivity index (χ2v) is 6.21. The van der Waals surface area contributed by atoms with Crippen LogP contribution in [-0.4, -0.2) is 5.91 Å². The highest BCUT2D eigenvalue weighted by Gasteiger charge is 2.11. The van der Waals surface area contributed by atoms with E-state index in [4.69, 9.17) is 0 Å². The molecule has 0 spiro atoms. The summed E-state index contributed by atoms with van der Waals surface area (Å²) in [7, 11) is 0. The van der Waals surface area contributed by atoms with Gasteiger partial charge in [0.1, 0.15) is 0 Å². The first-order valence-electron chi connectivity index (χ1n) is 6.99. The SMILES string of the molecule is Cc1ccc(C(=O)NCc2ccc3c(c2)CNC3)cc1Br. The monoisotopic (exact) mass is 344 g/mol. The molecule has 1 aliphatic rings. The van der Waals surface area contributed by atoms with Gasteiger partial charge in [0.25, 0.3) is 5.91 Å². The Morgan fingerprint density at radius 2 is 2.00 bits per heavy atom. The van der Waals surface area contributed by atoms with Crippen LogP contribution in [0, 0.1) is 6.92 Å². The predicted octanol–water partition coefficient (Wildman–Crippen LogP) is 3.29. The summed E-state index contributed by atoms with van der Waals surface area (Å²) in [4.78, 5) is 12.2. The number of hydrogen-bond acceptors (Lipinski definition) is 2. The van der Waals surface area contributed by atoms with Crippen molar-refractivity contribution in [3.8, 4) is 0 Å². The van der Waals surface area contributed by atoms with Crippen LogP contribution >= 0.6 is 15.9 Å². The van der Waals surface area contributed by atoms with Crippen molar-refractivity contribution in [2.24, 2.45) is 0 Å². The molecule has 1 amide bonds. The Bertz CT molecular complexity index is 697. The van der Waals surface area contributed by atoms with E-state index in [1.54, 1.807) is 0 Å². The normalized spacial score (nSPS) is 13.0. The van der Waals surface area contributed by atoms with Crippen molar-refractivity contribution in [3.05, 3.63) is 68.7 Å². The lowest BCUT2D eigenvalue weighted by Crippen LogP contribution is -2.22. The summed E-state index contributed by atoms with van der Waals surface area (Å²) >= 11 is 3.46. The number of nitrogens with one attached hydrogen (secondary N) is 2. The van der Waals surface area contributed by atoms with Crippen molar-refractivity contribution in [2.45, 2.75) is 26.6 Å². The number of carbonyl (C=O) groups is 1. The van der Waals surface area contributed by atoms with Crippen LogP contribution in [0.1, 0.15) is 32.6 Å². The van der Waals surface area contributed by atoms with Gasteiger partial charge >= 0.3 is 0 Å². The van der Waals surface area contributed by atoms with Gasteiger partial charge < -0.3 is 10.6 Å². The highest BCUT2D eigenvalue weighted by Crippen LogP contribution is 2.18. The fourth-order valence-electron chi connectivity index (χ4n) is 2.48. The lowest BCUT2D eigenvalue weighted by molar-refractivity contribution is 0.0951. The standard InChI is InChI=1S/C17H17BrN2O/c1-11-2-4-13(7-16(11)18)17(21)20-8-12-3-5-14-9-19-10-15(14)6-12/h2-7,19H,8-10H2,1H3,(H,20,21). The van der Waals surface area contributed by atoms with Crippen molar-refractivity contribution in [1.82, 2.24) is 10.6 Å². The van der Waals surface area contributed by atoms with Crippen molar-refractivity contribution in [3.63, 3.8) is 0 Å². The average molecular weight is 345 g/mol. The molecule has 2 aromatic carbocycles. The third-order valence-electron chi connectivity index (χ3n) is 3.79. The van der Waals surface area contributed by atoms with Crippen molar-refractivity contribution in [2.75, 3.05) is 0 Å². The third kappa shape index (κ3) is 3.17. The maximum atomic E-state index is 12.2. The van der Waals surface area contributed by atoms with Gasteiger partial charge in [-0.25, -0.2) is 0 Å². The van der Waals surface area contributed by atoms with Gasteiger partial charge in [-0.1, -0.05) is 40.2 Å². The summed E-state index contributed by atoms with van der Waals surface area (Å²) in [6.45, 7) is 4.42. The Labute approximate surface area is 132 Å². The molecule has 0 bridgehead atoms. The van der Waals surface area contributed by atoms with E-state index in [0.29, 0.717) is 12.1 Å². The quantitative estimate of drug-likeness (QED) is 0.896. The van der Waals surface area contributed by atoms with Crippen molar-refractivity contribution in [1.29, 1.82) is 0 Å². The highest BCUT2D eigenvalue weighted by molar-refractivity contribution is 9.10. The summed E-state index contributed by atoms with van der Waals surface area (Å²) in [6, 6.07) is 12.0. The number of hydrogen-bond donors (Lipinski definition) is 2. The summed E-state index contributed by atoms with van der Waals surface area (Å²) < 4.78 is 0.957. The molecule has 3 rings (SSSR count). The molecule has 0 saturated carbocycles. The van der Waals surface area contributed by atoms with Crippen LogP contribution in [-0.2, 0) is 19.6 Å². The van der Waals surface area contributed by atoms with Gasteiger partial charge in [0.2, 0.25) is 0 Å². The van der Waals surface area contributed by atoms with Crippen LogP contribution in [0.2, 0.25) is 0 Å². The smallest absolute Gasteiger partial charge is 0.251 e. The number of fused-ring (bicyclic) bond motifs is 1. The number of rotatable bonds is 3. The maximum Gasteiger partial charge on any atom is 0.251 e. The average Bonchev–Trinajstić information content (AvgIpc) is 2.95. The number of halogens is 1. The van der Waals surface area contributed by atoms with Crippen LogP contribution in [0.3, 0.4) is 0 Å². The fraction of sp³-hybridized carbons (Fsp3) is 0.235. The zero-order valence-corrected chi connectivity index (χ0v) is 13.5. The minimum absolute atomic E-state index is 0.0469. The molecule has 0 unspecified atom stereocenters. The van der Waals surface area contributed by atoms with E-state index < -0.39 is 0 Å². The van der Waals surface area contributed by atoms with E-state index in [1.165, 1.54) is 11.1 Å². The minimum Gasteiger partial charge on any atom is -0.348 e. The van der Waals surface area contributed by atoms with Crippen LogP contribution < -0.4 is 10.6 Å². The molecule has 4 heteroatoms. The first-order chi connectivity index (χ1) is 10.1. The Kier molecular flexibility index (Phi) is 4.08. The number of amides is 1. The van der Waals surface area contributed by atoms with E-state index >= 15 is 0 Å². The Morgan fingerprint density at radius 1 is 1.19 bits per heavy atom. The lowest BCUT2D eigenvalue weighted by Gasteiger charge is -2.08.